The molecule has 0 radical (unpaired) electrons. The van der Waals surface area contributed by atoms with E-state index in [9.17, 15) is 19.8 Å². The predicted octanol–water partition coefficient (Wildman–Crippen LogP) is 3.05. The molecule has 3 aliphatic rings. The lowest BCUT2D eigenvalue weighted by Crippen LogP contribution is -2.58. The molecule has 0 aromatic carbocycles. The molecule has 0 saturated carbocycles. The molecule has 3 N–H and O–H groups in total. The van der Waals surface area contributed by atoms with Gasteiger partial charge in [0.05, 0.1) is 18.2 Å². The number of nitrogens with one attached hydrogen (secondary N) is 1. The van der Waals surface area contributed by atoms with Crippen molar-refractivity contribution in [3.8, 4) is 0 Å². The van der Waals surface area contributed by atoms with Crippen LogP contribution in [-0.4, -0.2) is 57.3 Å². The summed E-state index contributed by atoms with van der Waals surface area (Å²) in [5.41, 5.74) is 0.849. The van der Waals surface area contributed by atoms with Crippen molar-refractivity contribution in [2.24, 2.45) is 5.92 Å². The van der Waals surface area contributed by atoms with E-state index in [1.807, 2.05) is 13.0 Å². The van der Waals surface area contributed by atoms with Crippen LogP contribution in [-0.2, 0) is 14.3 Å². The normalized spacial score (nSPS) is 42.0. The van der Waals surface area contributed by atoms with E-state index in [0.29, 0.717) is 43.8 Å². The number of carbonyl (C=O) groups is 2. The van der Waals surface area contributed by atoms with Gasteiger partial charge in [0.25, 0.3) is 5.24 Å². The molecule has 0 aromatic heterocycles. The van der Waals surface area contributed by atoms with Crippen LogP contribution in [0, 0.1) is 5.92 Å². The third-order valence-corrected chi connectivity index (χ3v) is 6.85. The summed E-state index contributed by atoms with van der Waals surface area (Å²) in [6, 6.07) is -0.527. The van der Waals surface area contributed by atoms with E-state index in [0.717, 1.165) is 23.8 Å². The lowest BCUT2D eigenvalue weighted by molar-refractivity contribution is -0.283. The Bertz CT molecular complexity index is 695. The SMILES string of the molecule is C/C1=C/C(=O)O[C@@H]2C[C@@H](CC[C@H](C)/C=C\CC(O)CC1)O[C@@](O)([C@@H]1CSC(=O)N1)C2. The second-order valence-corrected chi connectivity index (χ2v) is 9.77. The minimum atomic E-state index is -1.56. The molecular formula is C22H33NO6S. The van der Waals surface area contributed by atoms with Gasteiger partial charge < -0.3 is 25.0 Å². The van der Waals surface area contributed by atoms with E-state index in [4.69, 9.17) is 9.47 Å². The molecule has 30 heavy (non-hydrogen) atoms. The summed E-state index contributed by atoms with van der Waals surface area (Å²) in [5.74, 6) is -1.28. The van der Waals surface area contributed by atoms with Crippen molar-refractivity contribution in [1.82, 2.24) is 5.32 Å². The zero-order valence-corrected chi connectivity index (χ0v) is 18.5. The van der Waals surface area contributed by atoms with E-state index in [2.05, 4.69) is 18.3 Å². The Labute approximate surface area is 182 Å². The number of allylic oxidation sites excluding steroid dienone is 2. The molecule has 2 bridgehead atoms. The van der Waals surface area contributed by atoms with Crippen molar-refractivity contribution < 1.29 is 29.3 Å². The van der Waals surface area contributed by atoms with Crippen LogP contribution >= 0.6 is 11.8 Å². The third-order valence-electron chi connectivity index (χ3n) is 5.97. The van der Waals surface area contributed by atoms with Gasteiger partial charge >= 0.3 is 5.97 Å². The highest BCUT2D eigenvalue weighted by molar-refractivity contribution is 8.14. The molecule has 1 unspecified atom stereocenters. The highest BCUT2D eigenvalue weighted by Gasteiger charge is 2.49. The van der Waals surface area contributed by atoms with E-state index >= 15 is 0 Å². The number of thioether (sulfide) groups is 1. The minimum absolute atomic E-state index is 0.127. The topological polar surface area (TPSA) is 105 Å². The van der Waals surface area contributed by atoms with Gasteiger partial charge in [0, 0.05) is 24.7 Å². The molecule has 7 nitrogen and oxygen atoms in total. The molecule has 3 rings (SSSR count). The summed E-state index contributed by atoms with van der Waals surface area (Å²) in [4.78, 5) is 24.1. The van der Waals surface area contributed by atoms with Gasteiger partial charge in [0.15, 0.2) is 5.79 Å². The Morgan fingerprint density at radius 2 is 2.03 bits per heavy atom. The van der Waals surface area contributed by atoms with E-state index in [1.54, 1.807) is 0 Å². The summed E-state index contributed by atoms with van der Waals surface area (Å²) < 4.78 is 11.7. The fraction of sp³-hybridized carbons (Fsp3) is 0.727. The van der Waals surface area contributed by atoms with Crippen LogP contribution in [0.15, 0.2) is 23.8 Å². The van der Waals surface area contributed by atoms with E-state index in [1.165, 1.54) is 6.08 Å². The maximum Gasteiger partial charge on any atom is 0.330 e. The number of rotatable bonds is 1. The van der Waals surface area contributed by atoms with Crippen LogP contribution < -0.4 is 5.32 Å². The molecule has 3 aliphatic heterocycles. The molecule has 168 valence electrons. The number of esters is 1. The second-order valence-electron chi connectivity index (χ2n) is 8.78. The number of hydrogen-bond donors (Lipinski definition) is 3. The van der Waals surface area contributed by atoms with Gasteiger partial charge in [0.1, 0.15) is 6.10 Å². The molecule has 3 heterocycles. The van der Waals surface area contributed by atoms with Crippen LogP contribution in [0.1, 0.15) is 58.8 Å². The van der Waals surface area contributed by atoms with Crippen molar-refractivity contribution in [2.45, 2.75) is 88.9 Å². The number of aliphatic hydroxyl groups is 2. The minimum Gasteiger partial charge on any atom is -0.459 e. The average Bonchev–Trinajstić information content (AvgIpc) is 3.11. The Morgan fingerprint density at radius 1 is 1.23 bits per heavy atom. The first-order chi connectivity index (χ1) is 14.2. The fourth-order valence-corrected chi connectivity index (χ4v) is 5.09. The second kappa shape index (κ2) is 10.3. The van der Waals surface area contributed by atoms with Gasteiger partial charge in [-0.1, -0.05) is 36.4 Å². The van der Waals surface area contributed by atoms with Crippen LogP contribution in [0.2, 0.25) is 0 Å². The number of carbonyl (C=O) groups excluding carboxylic acids is 2. The molecule has 2 saturated heterocycles. The van der Waals surface area contributed by atoms with Gasteiger partial charge in [-0.25, -0.2) is 4.79 Å². The largest absolute Gasteiger partial charge is 0.459 e. The number of hydrogen-bond acceptors (Lipinski definition) is 7. The summed E-state index contributed by atoms with van der Waals surface area (Å²) in [7, 11) is 0. The first-order valence-electron chi connectivity index (χ1n) is 10.8. The molecule has 0 aromatic rings. The summed E-state index contributed by atoms with van der Waals surface area (Å²) >= 11 is 1.12. The molecule has 1 amide bonds. The van der Waals surface area contributed by atoms with Crippen molar-refractivity contribution in [1.29, 1.82) is 0 Å². The predicted molar refractivity (Wildman–Crippen MR) is 115 cm³/mol. The van der Waals surface area contributed by atoms with E-state index in [-0.39, 0.29) is 17.8 Å². The maximum absolute atomic E-state index is 12.4. The van der Waals surface area contributed by atoms with Crippen molar-refractivity contribution in [3.05, 3.63) is 23.8 Å². The standard InChI is InChI=1S/C22H33NO6S/c1-14-4-3-5-16(24)8-6-15(2)10-20(25)28-18-11-17(9-7-14)29-22(27,12-18)19-13-30-21(26)23-19/h3-4,10,14,16-19,24,27H,5-9,11-13H2,1-2H3,(H,23,26)/b4-3-,15-10-/t14-,16?,17-,18-,19+,22-/m1/s1. The van der Waals surface area contributed by atoms with Gasteiger partial charge in [-0.3, -0.25) is 4.79 Å². The smallest absolute Gasteiger partial charge is 0.330 e. The Kier molecular flexibility index (Phi) is 8.01. The van der Waals surface area contributed by atoms with Crippen LogP contribution in [0.5, 0.6) is 0 Å². The van der Waals surface area contributed by atoms with Crippen molar-refractivity contribution >= 4 is 23.0 Å². The molecule has 6 atom stereocenters. The summed E-state index contributed by atoms with van der Waals surface area (Å²) in [6.45, 7) is 3.96. The Morgan fingerprint density at radius 3 is 2.77 bits per heavy atom. The average molecular weight is 440 g/mol. The van der Waals surface area contributed by atoms with Crippen LogP contribution in [0.3, 0.4) is 0 Å². The lowest BCUT2D eigenvalue weighted by Gasteiger charge is -2.43. The molecule has 0 aliphatic carbocycles. The maximum atomic E-state index is 12.4. The quantitative estimate of drug-likeness (QED) is 0.426. The number of fused-ring (bicyclic) bond motifs is 2. The Balaban J connectivity index is 1.77. The van der Waals surface area contributed by atoms with Crippen molar-refractivity contribution in [2.75, 3.05) is 5.75 Å². The first kappa shape index (κ1) is 23.3. The van der Waals surface area contributed by atoms with Crippen molar-refractivity contribution in [3.63, 3.8) is 0 Å². The van der Waals surface area contributed by atoms with Gasteiger partial charge in [-0.2, -0.15) is 0 Å². The van der Waals surface area contributed by atoms with Crippen LogP contribution in [0.25, 0.3) is 0 Å². The lowest BCUT2D eigenvalue weighted by atomic mass is 9.90. The fourth-order valence-electron chi connectivity index (χ4n) is 4.20. The summed E-state index contributed by atoms with van der Waals surface area (Å²) in [5, 5.41) is 23.9. The number of aliphatic hydroxyl groups excluding tert-OH is 1. The zero-order valence-electron chi connectivity index (χ0n) is 17.7. The molecule has 2 fully saturated rings. The number of ether oxygens (including phenoxy) is 2. The van der Waals surface area contributed by atoms with E-state index < -0.39 is 30.0 Å². The first-order valence-corrected chi connectivity index (χ1v) is 11.8. The van der Waals surface area contributed by atoms with Gasteiger partial charge in [-0.15, -0.1) is 0 Å². The molecular weight excluding hydrogens is 406 g/mol. The third kappa shape index (κ3) is 6.57. The number of amides is 1. The molecule has 0 spiro atoms. The van der Waals surface area contributed by atoms with Gasteiger partial charge in [-0.05, 0) is 44.9 Å². The van der Waals surface area contributed by atoms with Crippen LogP contribution in [0.4, 0.5) is 4.79 Å². The highest BCUT2D eigenvalue weighted by Crippen LogP contribution is 2.37. The zero-order chi connectivity index (χ0) is 21.7. The molecule has 8 heteroatoms. The van der Waals surface area contributed by atoms with Gasteiger partial charge in [0.2, 0.25) is 0 Å². The monoisotopic (exact) mass is 439 g/mol. The highest BCUT2D eigenvalue weighted by atomic mass is 32.2. The Hall–Kier alpha value is -1.35. The summed E-state index contributed by atoms with van der Waals surface area (Å²) in [6.07, 6.45) is 8.38.